The van der Waals surface area contributed by atoms with Crippen molar-refractivity contribution in [1.82, 2.24) is 5.32 Å². The van der Waals surface area contributed by atoms with Crippen LogP contribution in [0, 0.1) is 5.92 Å². The van der Waals surface area contributed by atoms with E-state index in [1.165, 1.54) is 6.07 Å². The summed E-state index contributed by atoms with van der Waals surface area (Å²) >= 11 is 0. The Labute approximate surface area is 140 Å². The third-order valence-corrected chi connectivity index (χ3v) is 3.59. The van der Waals surface area contributed by atoms with E-state index in [1.54, 1.807) is 18.2 Å². The predicted octanol–water partition coefficient (Wildman–Crippen LogP) is 1.32. The largest absolute Gasteiger partial charge is 0.482 e. The maximum atomic E-state index is 12.0. The van der Waals surface area contributed by atoms with E-state index < -0.39 is 12.6 Å². The van der Waals surface area contributed by atoms with Crippen LogP contribution in [0.25, 0.3) is 0 Å². The van der Waals surface area contributed by atoms with Crippen molar-refractivity contribution in [1.29, 1.82) is 0 Å². The molecule has 1 aliphatic heterocycles. The number of aliphatic carboxylic acids is 1. The zero-order chi connectivity index (χ0) is 17.2. The molecule has 24 heavy (non-hydrogen) atoms. The van der Waals surface area contributed by atoms with Crippen molar-refractivity contribution in [3.05, 3.63) is 29.8 Å². The Hall–Kier alpha value is -2.12. The number of ether oxygens (including phenoxy) is 3. The number of hydrogen-bond donors (Lipinski definition) is 2. The fourth-order valence-electron chi connectivity index (χ4n) is 2.32. The fourth-order valence-corrected chi connectivity index (χ4v) is 2.32. The first-order chi connectivity index (χ1) is 11.6. The zero-order valence-corrected chi connectivity index (χ0v) is 13.5. The first-order valence-corrected chi connectivity index (χ1v) is 8.03. The number of rotatable bonds is 10. The standard InChI is InChI=1S/C17H23NO6/c19-16(20)12-24-15-4-1-3-14(9-15)17(21)18-6-2-7-22-10-13-5-8-23-11-13/h1,3-4,9,13H,2,5-8,10-12H2,(H,18,21)(H,19,20). The molecule has 1 aromatic rings. The summed E-state index contributed by atoms with van der Waals surface area (Å²) in [6.45, 7) is 2.97. The van der Waals surface area contributed by atoms with Crippen molar-refractivity contribution in [2.75, 3.05) is 39.6 Å². The topological polar surface area (TPSA) is 94.1 Å². The maximum Gasteiger partial charge on any atom is 0.341 e. The van der Waals surface area contributed by atoms with Gasteiger partial charge in [-0.05, 0) is 31.0 Å². The quantitative estimate of drug-likeness (QED) is 0.626. The summed E-state index contributed by atoms with van der Waals surface area (Å²) in [7, 11) is 0. The maximum absolute atomic E-state index is 12.0. The molecule has 7 heteroatoms. The van der Waals surface area contributed by atoms with Crippen LogP contribution in [0.2, 0.25) is 0 Å². The average molecular weight is 337 g/mol. The molecule has 1 aliphatic rings. The van der Waals surface area contributed by atoms with Gasteiger partial charge in [0.2, 0.25) is 0 Å². The van der Waals surface area contributed by atoms with E-state index in [2.05, 4.69) is 5.32 Å². The highest BCUT2D eigenvalue weighted by Crippen LogP contribution is 2.13. The first kappa shape index (κ1) is 18.2. The summed E-state index contributed by atoms with van der Waals surface area (Å²) in [4.78, 5) is 22.5. The molecule has 0 spiro atoms. The minimum atomic E-state index is -1.06. The van der Waals surface area contributed by atoms with Crippen LogP contribution in [0.15, 0.2) is 24.3 Å². The molecule has 0 saturated carbocycles. The number of carboxylic acids is 1. The number of carboxylic acid groups (broad SMARTS) is 1. The summed E-state index contributed by atoms with van der Waals surface area (Å²) in [6, 6.07) is 6.44. The van der Waals surface area contributed by atoms with E-state index in [-0.39, 0.29) is 5.91 Å². The van der Waals surface area contributed by atoms with Crippen molar-refractivity contribution < 1.29 is 28.9 Å². The molecule has 1 unspecified atom stereocenters. The third kappa shape index (κ3) is 6.55. The van der Waals surface area contributed by atoms with Gasteiger partial charge in [-0.1, -0.05) is 6.07 Å². The van der Waals surface area contributed by atoms with Crippen LogP contribution >= 0.6 is 0 Å². The van der Waals surface area contributed by atoms with Crippen LogP contribution in [0.5, 0.6) is 5.75 Å². The van der Waals surface area contributed by atoms with Crippen LogP contribution < -0.4 is 10.1 Å². The zero-order valence-electron chi connectivity index (χ0n) is 13.5. The monoisotopic (exact) mass is 337 g/mol. The SMILES string of the molecule is O=C(O)COc1cccc(C(=O)NCCCOCC2CCOC2)c1. The number of carbonyl (C=O) groups excluding carboxylic acids is 1. The number of nitrogens with one attached hydrogen (secondary N) is 1. The number of carbonyl (C=O) groups is 2. The van der Waals surface area contributed by atoms with Crippen molar-refractivity contribution in [2.24, 2.45) is 5.92 Å². The van der Waals surface area contributed by atoms with Crippen molar-refractivity contribution in [3.8, 4) is 5.75 Å². The van der Waals surface area contributed by atoms with Gasteiger partial charge in [-0.15, -0.1) is 0 Å². The predicted molar refractivity (Wildman–Crippen MR) is 86.3 cm³/mol. The minimum Gasteiger partial charge on any atom is -0.482 e. The van der Waals surface area contributed by atoms with Crippen LogP contribution in [-0.2, 0) is 14.3 Å². The second kappa shape index (κ2) is 9.89. The average Bonchev–Trinajstić information content (AvgIpc) is 3.09. The highest BCUT2D eigenvalue weighted by Gasteiger charge is 2.15. The van der Waals surface area contributed by atoms with Gasteiger partial charge in [0, 0.05) is 31.2 Å². The molecule has 1 aromatic carbocycles. The van der Waals surface area contributed by atoms with Crippen LogP contribution in [0.3, 0.4) is 0 Å². The van der Waals surface area contributed by atoms with Crippen LogP contribution in [0.4, 0.5) is 0 Å². The van der Waals surface area contributed by atoms with Gasteiger partial charge in [0.05, 0.1) is 13.2 Å². The Morgan fingerprint density at radius 1 is 1.38 bits per heavy atom. The van der Waals surface area contributed by atoms with Crippen LogP contribution in [0.1, 0.15) is 23.2 Å². The van der Waals surface area contributed by atoms with Gasteiger partial charge in [-0.25, -0.2) is 4.79 Å². The molecule has 1 heterocycles. The Morgan fingerprint density at radius 3 is 3.00 bits per heavy atom. The van der Waals surface area contributed by atoms with E-state index in [9.17, 15) is 9.59 Å². The molecular formula is C17H23NO6. The van der Waals surface area contributed by atoms with E-state index in [0.29, 0.717) is 37.0 Å². The third-order valence-electron chi connectivity index (χ3n) is 3.59. The van der Waals surface area contributed by atoms with Crippen molar-refractivity contribution >= 4 is 11.9 Å². The second-order valence-corrected chi connectivity index (χ2v) is 5.62. The molecule has 0 radical (unpaired) electrons. The van der Waals surface area contributed by atoms with Crippen molar-refractivity contribution in [3.63, 3.8) is 0 Å². The molecule has 0 aliphatic carbocycles. The molecule has 0 bridgehead atoms. The Kier molecular flexibility index (Phi) is 7.51. The van der Waals surface area contributed by atoms with Gasteiger partial charge < -0.3 is 24.6 Å². The van der Waals surface area contributed by atoms with Gasteiger partial charge in [0.1, 0.15) is 5.75 Å². The molecule has 1 fully saturated rings. The molecule has 2 rings (SSSR count). The second-order valence-electron chi connectivity index (χ2n) is 5.62. The van der Waals surface area contributed by atoms with Crippen molar-refractivity contribution in [2.45, 2.75) is 12.8 Å². The Bertz CT molecular complexity index is 542. The highest BCUT2D eigenvalue weighted by atomic mass is 16.5. The lowest BCUT2D eigenvalue weighted by Gasteiger charge is -2.10. The molecule has 0 aromatic heterocycles. The van der Waals surface area contributed by atoms with E-state index >= 15 is 0 Å². The number of amides is 1. The Balaban J connectivity index is 1.62. The molecule has 7 nitrogen and oxygen atoms in total. The Morgan fingerprint density at radius 2 is 2.25 bits per heavy atom. The summed E-state index contributed by atoms with van der Waals surface area (Å²) in [5, 5.41) is 11.4. The van der Waals surface area contributed by atoms with Gasteiger partial charge in [0.15, 0.2) is 6.61 Å². The lowest BCUT2D eigenvalue weighted by atomic mass is 10.1. The van der Waals surface area contributed by atoms with E-state index in [0.717, 1.165) is 26.1 Å². The van der Waals surface area contributed by atoms with Gasteiger partial charge in [-0.3, -0.25) is 4.79 Å². The minimum absolute atomic E-state index is 0.222. The van der Waals surface area contributed by atoms with Crippen LogP contribution in [-0.4, -0.2) is 56.6 Å². The smallest absolute Gasteiger partial charge is 0.341 e. The fraction of sp³-hybridized carbons (Fsp3) is 0.529. The molecule has 132 valence electrons. The molecular weight excluding hydrogens is 314 g/mol. The summed E-state index contributed by atoms with van der Waals surface area (Å²) in [5.74, 6) is -0.436. The number of benzene rings is 1. The first-order valence-electron chi connectivity index (χ1n) is 8.03. The molecule has 1 saturated heterocycles. The summed E-state index contributed by atoms with van der Waals surface area (Å²) in [5.41, 5.74) is 0.432. The molecule has 1 amide bonds. The lowest BCUT2D eigenvalue weighted by Crippen LogP contribution is -2.25. The van der Waals surface area contributed by atoms with E-state index in [4.69, 9.17) is 19.3 Å². The molecule has 1 atom stereocenters. The van der Waals surface area contributed by atoms with Gasteiger partial charge >= 0.3 is 5.97 Å². The highest BCUT2D eigenvalue weighted by molar-refractivity contribution is 5.94. The van der Waals surface area contributed by atoms with E-state index in [1.807, 2.05) is 0 Å². The summed E-state index contributed by atoms with van der Waals surface area (Å²) in [6.07, 6.45) is 1.78. The van der Waals surface area contributed by atoms with Gasteiger partial charge in [0.25, 0.3) is 5.91 Å². The lowest BCUT2D eigenvalue weighted by molar-refractivity contribution is -0.139. The normalized spacial score (nSPS) is 16.8. The molecule has 2 N–H and O–H groups in total. The van der Waals surface area contributed by atoms with Gasteiger partial charge in [-0.2, -0.15) is 0 Å². The summed E-state index contributed by atoms with van der Waals surface area (Å²) < 4.78 is 15.9. The number of hydrogen-bond acceptors (Lipinski definition) is 5.